The van der Waals surface area contributed by atoms with Crippen LogP contribution in [0.1, 0.15) is 24.9 Å². The first-order valence-electron chi connectivity index (χ1n) is 7.01. The molecule has 0 bridgehead atoms. The molecule has 2 unspecified atom stereocenters. The van der Waals surface area contributed by atoms with Gasteiger partial charge in [-0.25, -0.2) is 0 Å². The molecule has 1 aliphatic rings. The minimum Gasteiger partial charge on any atom is -0.508 e. The number of likely N-dealkylation sites (N-methyl/N-ethyl adjacent to an activating group) is 1. The number of hydrogen-bond donors (Lipinski definition) is 2. The largest absolute Gasteiger partial charge is 0.508 e. The van der Waals surface area contributed by atoms with Crippen molar-refractivity contribution in [2.45, 2.75) is 25.5 Å². The van der Waals surface area contributed by atoms with Crippen LogP contribution in [0.4, 0.5) is 0 Å². The van der Waals surface area contributed by atoms with E-state index in [0.29, 0.717) is 11.8 Å². The molecule has 2 N–H and O–H groups in total. The van der Waals surface area contributed by atoms with Gasteiger partial charge in [0.25, 0.3) is 0 Å². The molecule has 4 heteroatoms. The van der Waals surface area contributed by atoms with Crippen molar-refractivity contribution in [2.24, 2.45) is 0 Å². The van der Waals surface area contributed by atoms with Crippen LogP contribution >= 0.6 is 0 Å². The molecular weight excluding hydrogens is 240 g/mol. The Morgan fingerprint density at radius 2 is 2.16 bits per heavy atom. The molecule has 0 spiro atoms. The maximum Gasteiger partial charge on any atom is 0.115 e. The quantitative estimate of drug-likeness (QED) is 0.850. The Balaban J connectivity index is 1.87. The molecule has 1 saturated heterocycles. The van der Waals surface area contributed by atoms with Gasteiger partial charge in [0.2, 0.25) is 0 Å². The molecule has 2 rings (SSSR count). The normalized spacial score (nSPS) is 22.3. The zero-order valence-electron chi connectivity index (χ0n) is 11.8. The summed E-state index contributed by atoms with van der Waals surface area (Å²) in [6.45, 7) is 5.85. The highest BCUT2D eigenvalue weighted by Gasteiger charge is 2.19. The summed E-state index contributed by atoms with van der Waals surface area (Å²) >= 11 is 0. The fraction of sp³-hybridized carbons (Fsp3) is 0.600. The number of rotatable bonds is 5. The van der Waals surface area contributed by atoms with Crippen molar-refractivity contribution in [2.75, 3.05) is 33.3 Å². The third-order valence-corrected chi connectivity index (χ3v) is 3.64. The molecular formula is C15H24N2O2. The lowest BCUT2D eigenvalue weighted by Crippen LogP contribution is -2.45. The lowest BCUT2D eigenvalue weighted by molar-refractivity contribution is -0.0193. The predicted molar refractivity (Wildman–Crippen MR) is 76.4 cm³/mol. The van der Waals surface area contributed by atoms with Gasteiger partial charge in [-0.15, -0.1) is 0 Å². The van der Waals surface area contributed by atoms with Gasteiger partial charge in [-0.3, -0.25) is 0 Å². The minimum absolute atomic E-state index is 0.268. The molecule has 4 nitrogen and oxygen atoms in total. The summed E-state index contributed by atoms with van der Waals surface area (Å²) in [5, 5.41) is 12.9. The van der Waals surface area contributed by atoms with Crippen LogP contribution in [0.5, 0.6) is 5.75 Å². The summed E-state index contributed by atoms with van der Waals surface area (Å²) in [6.07, 6.45) is 1.29. The highest BCUT2D eigenvalue weighted by atomic mass is 16.5. The lowest BCUT2D eigenvalue weighted by atomic mass is 10.0. The second-order valence-electron chi connectivity index (χ2n) is 5.22. The van der Waals surface area contributed by atoms with Gasteiger partial charge in [0.1, 0.15) is 5.75 Å². The van der Waals surface area contributed by atoms with Crippen molar-refractivity contribution in [3.8, 4) is 5.75 Å². The van der Waals surface area contributed by atoms with Crippen LogP contribution in [-0.2, 0) is 4.74 Å². The Kier molecular flexibility index (Phi) is 5.19. The van der Waals surface area contributed by atoms with E-state index < -0.39 is 0 Å². The highest BCUT2D eigenvalue weighted by Crippen LogP contribution is 2.19. The number of phenols is 1. The lowest BCUT2D eigenvalue weighted by Gasteiger charge is -2.31. The standard InChI is InChI=1S/C15H24N2O2/c1-3-15(12-4-6-13(18)7-5-12)16-10-14-11-17(2)8-9-19-14/h4-7,14-16,18H,3,8-11H2,1-2H3. The van der Waals surface area contributed by atoms with E-state index in [0.717, 1.165) is 32.7 Å². The fourth-order valence-electron chi connectivity index (χ4n) is 2.47. The summed E-state index contributed by atoms with van der Waals surface area (Å²) in [5.74, 6) is 0.316. The first-order valence-corrected chi connectivity index (χ1v) is 7.01. The van der Waals surface area contributed by atoms with Crippen LogP contribution in [0.25, 0.3) is 0 Å². The van der Waals surface area contributed by atoms with E-state index in [1.807, 2.05) is 12.1 Å². The number of nitrogens with zero attached hydrogens (tertiary/aromatic N) is 1. The number of hydrogen-bond acceptors (Lipinski definition) is 4. The molecule has 0 aromatic heterocycles. The summed E-state index contributed by atoms with van der Waals surface area (Å²) in [4.78, 5) is 2.30. The number of benzene rings is 1. The average Bonchev–Trinajstić information content (AvgIpc) is 2.41. The first kappa shape index (κ1) is 14.3. The van der Waals surface area contributed by atoms with Gasteiger partial charge in [-0.1, -0.05) is 19.1 Å². The fourth-order valence-corrected chi connectivity index (χ4v) is 2.47. The number of nitrogens with one attached hydrogen (secondary N) is 1. The molecule has 0 saturated carbocycles. The van der Waals surface area contributed by atoms with E-state index in [2.05, 4.69) is 24.2 Å². The highest BCUT2D eigenvalue weighted by molar-refractivity contribution is 5.27. The predicted octanol–water partition coefficient (Wildman–Crippen LogP) is 1.76. The maximum atomic E-state index is 9.33. The van der Waals surface area contributed by atoms with Gasteiger partial charge in [-0.05, 0) is 31.2 Å². The van der Waals surface area contributed by atoms with Crippen LogP contribution in [0, 0.1) is 0 Å². The molecule has 1 fully saturated rings. The Labute approximate surface area is 115 Å². The van der Waals surface area contributed by atoms with Crippen molar-refractivity contribution in [1.29, 1.82) is 0 Å². The smallest absolute Gasteiger partial charge is 0.115 e. The van der Waals surface area contributed by atoms with Crippen LogP contribution in [0.2, 0.25) is 0 Å². The second-order valence-corrected chi connectivity index (χ2v) is 5.22. The van der Waals surface area contributed by atoms with E-state index in [9.17, 15) is 5.11 Å². The van der Waals surface area contributed by atoms with E-state index in [-0.39, 0.29) is 6.10 Å². The van der Waals surface area contributed by atoms with Crippen LogP contribution in [-0.4, -0.2) is 49.4 Å². The molecule has 1 heterocycles. The van der Waals surface area contributed by atoms with Gasteiger partial charge < -0.3 is 20.1 Å². The zero-order valence-corrected chi connectivity index (χ0v) is 11.8. The summed E-state index contributed by atoms with van der Waals surface area (Å²) < 4.78 is 5.75. The van der Waals surface area contributed by atoms with Gasteiger partial charge in [-0.2, -0.15) is 0 Å². The van der Waals surface area contributed by atoms with E-state index in [4.69, 9.17) is 4.74 Å². The molecule has 0 radical (unpaired) electrons. The van der Waals surface area contributed by atoms with Crippen LogP contribution < -0.4 is 5.32 Å². The molecule has 1 aromatic rings. The molecule has 19 heavy (non-hydrogen) atoms. The van der Waals surface area contributed by atoms with E-state index >= 15 is 0 Å². The first-order chi connectivity index (χ1) is 9.19. The number of ether oxygens (including phenoxy) is 1. The zero-order chi connectivity index (χ0) is 13.7. The topological polar surface area (TPSA) is 44.7 Å². The molecule has 0 amide bonds. The van der Waals surface area contributed by atoms with Gasteiger partial charge in [0.05, 0.1) is 12.7 Å². The summed E-state index contributed by atoms with van der Waals surface area (Å²) in [5.41, 5.74) is 1.21. The maximum absolute atomic E-state index is 9.33. The van der Waals surface area contributed by atoms with Crippen LogP contribution in [0.3, 0.4) is 0 Å². The average molecular weight is 264 g/mol. The SMILES string of the molecule is CCC(NCC1CN(C)CCO1)c1ccc(O)cc1. The van der Waals surface area contributed by atoms with Crippen molar-refractivity contribution < 1.29 is 9.84 Å². The van der Waals surface area contributed by atoms with Crippen molar-refractivity contribution >= 4 is 0 Å². The van der Waals surface area contributed by atoms with Crippen molar-refractivity contribution in [3.05, 3.63) is 29.8 Å². The third-order valence-electron chi connectivity index (χ3n) is 3.64. The molecule has 0 aliphatic carbocycles. The molecule has 1 aromatic carbocycles. The monoisotopic (exact) mass is 264 g/mol. The number of aromatic hydroxyl groups is 1. The van der Waals surface area contributed by atoms with Crippen molar-refractivity contribution in [1.82, 2.24) is 10.2 Å². The van der Waals surface area contributed by atoms with Gasteiger partial charge in [0, 0.05) is 25.7 Å². The molecule has 2 atom stereocenters. The van der Waals surface area contributed by atoms with Gasteiger partial charge in [0.15, 0.2) is 0 Å². The summed E-state index contributed by atoms with van der Waals surface area (Å²) in [6, 6.07) is 7.75. The third kappa shape index (κ3) is 4.20. The Bertz CT molecular complexity index is 380. The second kappa shape index (κ2) is 6.89. The Morgan fingerprint density at radius 3 is 2.79 bits per heavy atom. The van der Waals surface area contributed by atoms with Crippen molar-refractivity contribution in [3.63, 3.8) is 0 Å². The Morgan fingerprint density at radius 1 is 1.42 bits per heavy atom. The molecule has 106 valence electrons. The van der Waals surface area contributed by atoms with Crippen LogP contribution in [0.15, 0.2) is 24.3 Å². The minimum atomic E-state index is 0.268. The van der Waals surface area contributed by atoms with E-state index in [1.54, 1.807) is 12.1 Å². The summed E-state index contributed by atoms with van der Waals surface area (Å²) in [7, 11) is 2.13. The molecule has 1 aliphatic heterocycles. The number of phenolic OH excluding ortho intramolecular Hbond substituents is 1. The Hall–Kier alpha value is -1.10. The van der Waals surface area contributed by atoms with Gasteiger partial charge >= 0.3 is 0 Å². The number of morpholine rings is 1. The van der Waals surface area contributed by atoms with E-state index in [1.165, 1.54) is 5.56 Å².